The van der Waals surface area contributed by atoms with Crippen LogP contribution in [-0.4, -0.2) is 88.2 Å². The molecule has 41 heavy (non-hydrogen) atoms. The molecule has 0 aromatic carbocycles. The van der Waals surface area contributed by atoms with E-state index in [1.807, 2.05) is 0 Å². The third kappa shape index (κ3) is 17.1. The summed E-state index contributed by atoms with van der Waals surface area (Å²) in [6.07, 6.45) is 9.12. The van der Waals surface area contributed by atoms with Crippen LogP contribution in [0.5, 0.6) is 0 Å². The summed E-state index contributed by atoms with van der Waals surface area (Å²) >= 11 is 1.64. The van der Waals surface area contributed by atoms with Gasteiger partial charge in [0.2, 0.25) is 23.6 Å². The normalized spacial score (nSPS) is 14.3. The van der Waals surface area contributed by atoms with Gasteiger partial charge in [-0.3, -0.25) is 38.5 Å². The summed E-state index contributed by atoms with van der Waals surface area (Å²) in [5, 5.41) is 17.4. The summed E-state index contributed by atoms with van der Waals surface area (Å²) in [5.41, 5.74) is 0. The van der Waals surface area contributed by atoms with E-state index in [0.717, 1.165) is 17.1 Å². The largest absolute Gasteiger partial charge is 0.483 e. The van der Waals surface area contributed by atoms with Crippen molar-refractivity contribution >= 4 is 53.7 Å². The highest BCUT2D eigenvalue weighted by atomic mass is 32.2. The molecule has 1 aliphatic heterocycles. The Labute approximate surface area is 246 Å². The van der Waals surface area contributed by atoms with Crippen LogP contribution in [0.1, 0.15) is 79.1 Å². The standard InChI is InChI=1S/C26H43N5O6S.CH2O2/c1-5-6-7-11-16-38-17-27-24(35)18(2)29-26(37)20(4)30-25(36)19(3)28-21(32)12-9-8-10-15-31-22(33)13-14-23(31)34;2-1-3/h13-14,18-20H,5-12,15-17H2,1-4H3,(H,27,35)(H,28,32)(H,29,37)(H,30,36);1H,(H,2,3). The lowest BCUT2D eigenvalue weighted by atomic mass is 10.1. The molecule has 0 saturated carbocycles. The second-order valence-electron chi connectivity index (χ2n) is 9.48. The Bertz CT molecular complexity index is 896. The van der Waals surface area contributed by atoms with Gasteiger partial charge in [0, 0.05) is 25.1 Å². The minimum atomic E-state index is -0.893. The first-order chi connectivity index (χ1) is 19.5. The van der Waals surface area contributed by atoms with Crippen LogP contribution >= 0.6 is 11.8 Å². The first-order valence-corrected chi connectivity index (χ1v) is 15.0. The smallest absolute Gasteiger partial charge is 0.290 e. The Balaban J connectivity index is 0.00000509. The average Bonchev–Trinajstić information content (AvgIpc) is 3.24. The Morgan fingerprint density at radius 3 is 1.90 bits per heavy atom. The molecule has 232 valence electrons. The number of amides is 6. The van der Waals surface area contributed by atoms with E-state index in [2.05, 4.69) is 28.2 Å². The van der Waals surface area contributed by atoms with Crippen LogP contribution in [-0.2, 0) is 33.6 Å². The maximum Gasteiger partial charge on any atom is 0.290 e. The van der Waals surface area contributed by atoms with Crippen molar-refractivity contribution in [2.45, 2.75) is 97.2 Å². The van der Waals surface area contributed by atoms with E-state index in [1.54, 1.807) is 18.7 Å². The van der Waals surface area contributed by atoms with Crippen LogP contribution in [0.2, 0.25) is 0 Å². The van der Waals surface area contributed by atoms with Crippen LogP contribution in [0, 0.1) is 0 Å². The lowest BCUT2D eigenvalue weighted by Gasteiger charge is -2.20. The highest BCUT2D eigenvalue weighted by Crippen LogP contribution is 2.08. The molecule has 0 bridgehead atoms. The number of carbonyl (C=O) groups excluding carboxylic acids is 6. The number of carboxylic acid groups (broad SMARTS) is 1. The molecule has 1 aliphatic rings. The van der Waals surface area contributed by atoms with Gasteiger partial charge >= 0.3 is 0 Å². The van der Waals surface area contributed by atoms with E-state index in [4.69, 9.17) is 9.90 Å². The Morgan fingerprint density at radius 2 is 1.34 bits per heavy atom. The predicted molar refractivity (Wildman–Crippen MR) is 155 cm³/mol. The zero-order valence-electron chi connectivity index (χ0n) is 24.4. The lowest BCUT2D eigenvalue weighted by Crippen LogP contribution is -2.54. The second-order valence-corrected chi connectivity index (χ2v) is 10.6. The molecule has 3 atom stereocenters. The first-order valence-electron chi connectivity index (χ1n) is 13.8. The minimum Gasteiger partial charge on any atom is -0.483 e. The number of nitrogens with zero attached hydrogens (tertiary/aromatic N) is 1. The van der Waals surface area contributed by atoms with Crippen molar-refractivity contribution in [3.8, 4) is 0 Å². The van der Waals surface area contributed by atoms with Gasteiger partial charge in [0.15, 0.2) is 0 Å². The molecule has 1 rings (SSSR count). The number of thioether (sulfide) groups is 1. The third-order valence-corrected chi connectivity index (χ3v) is 6.88. The molecule has 1 heterocycles. The fourth-order valence-electron chi connectivity index (χ4n) is 3.55. The lowest BCUT2D eigenvalue weighted by molar-refractivity contribution is -0.137. The van der Waals surface area contributed by atoms with Gasteiger partial charge in [-0.15, -0.1) is 11.8 Å². The monoisotopic (exact) mass is 599 g/mol. The molecule has 0 aromatic rings. The molecular formula is C27H45N5O8S. The SMILES string of the molecule is CCCCCCSCNC(=O)C(C)NC(=O)C(C)NC(=O)C(C)NC(=O)CCCCCN1C(=O)C=CC1=O.O=CO. The quantitative estimate of drug-likeness (QED) is 0.0625. The molecule has 6 amide bonds. The molecule has 3 unspecified atom stereocenters. The molecule has 0 spiro atoms. The molecule has 14 heteroatoms. The van der Waals surface area contributed by atoms with Gasteiger partial charge in [0.25, 0.3) is 18.3 Å². The van der Waals surface area contributed by atoms with Crippen molar-refractivity contribution in [2.75, 3.05) is 18.2 Å². The summed E-state index contributed by atoms with van der Waals surface area (Å²) in [7, 11) is 0. The Morgan fingerprint density at radius 1 is 0.829 bits per heavy atom. The summed E-state index contributed by atoms with van der Waals surface area (Å²) in [5.74, 6) is -0.828. The summed E-state index contributed by atoms with van der Waals surface area (Å²) in [6, 6.07) is -2.49. The van der Waals surface area contributed by atoms with Gasteiger partial charge in [0.1, 0.15) is 18.1 Å². The number of rotatable bonds is 19. The highest BCUT2D eigenvalue weighted by molar-refractivity contribution is 7.99. The minimum absolute atomic E-state index is 0.192. The first kappa shape index (κ1) is 37.6. The van der Waals surface area contributed by atoms with Gasteiger partial charge in [-0.25, -0.2) is 0 Å². The zero-order chi connectivity index (χ0) is 31.2. The number of carbonyl (C=O) groups is 7. The fraction of sp³-hybridized carbons (Fsp3) is 0.667. The molecule has 0 saturated heterocycles. The molecule has 0 fully saturated rings. The van der Waals surface area contributed by atoms with Gasteiger partial charge in [-0.05, 0) is 45.8 Å². The molecular weight excluding hydrogens is 554 g/mol. The van der Waals surface area contributed by atoms with Gasteiger partial charge in [-0.1, -0.05) is 32.6 Å². The molecule has 0 radical (unpaired) electrons. The van der Waals surface area contributed by atoms with Crippen LogP contribution < -0.4 is 21.3 Å². The topological polar surface area (TPSA) is 191 Å². The summed E-state index contributed by atoms with van der Waals surface area (Å²) in [6.45, 7) is 6.82. The van der Waals surface area contributed by atoms with Crippen molar-refractivity contribution in [3.05, 3.63) is 12.2 Å². The maximum atomic E-state index is 12.4. The van der Waals surface area contributed by atoms with E-state index < -0.39 is 29.9 Å². The molecule has 13 nitrogen and oxygen atoms in total. The van der Waals surface area contributed by atoms with Gasteiger partial charge < -0.3 is 26.4 Å². The number of unbranched alkanes of at least 4 members (excludes halogenated alkanes) is 5. The van der Waals surface area contributed by atoms with Gasteiger partial charge in [-0.2, -0.15) is 0 Å². The van der Waals surface area contributed by atoms with Crippen molar-refractivity contribution in [3.63, 3.8) is 0 Å². The summed E-state index contributed by atoms with van der Waals surface area (Å²) in [4.78, 5) is 81.7. The van der Waals surface area contributed by atoms with E-state index in [9.17, 15) is 28.8 Å². The van der Waals surface area contributed by atoms with E-state index in [0.29, 0.717) is 31.7 Å². The van der Waals surface area contributed by atoms with Crippen LogP contribution in [0.15, 0.2) is 12.2 Å². The van der Waals surface area contributed by atoms with Crippen molar-refractivity contribution in [1.82, 2.24) is 26.2 Å². The average molecular weight is 600 g/mol. The van der Waals surface area contributed by atoms with E-state index >= 15 is 0 Å². The van der Waals surface area contributed by atoms with Crippen molar-refractivity contribution in [1.29, 1.82) is 0 Å². The van der Waals surface area contributed by atoms with Crippen LogP contribution in [0.3, 0.4) is 0 Å². The van der Waals surface area contributed by atoms with Crippen molar-refractivity contribution in [2.24, 2.45) is 0 Å². The summed E-state index contributed by atoms with van der Waals surface area (Å²) < 4.78 is 0. The fourth-order valence-corrected chi connectivity index (χ4v) is 4.35. The number of hydrogen-bond acceptors (Lipinski definition) is 8. The second kappa shape index (κ2) is 22.3. The third-order valence-electron chi connectivity index (χ3n) is 5.95. The Kier molecular flexibility index (Phi) is 20.4. The number of hydrogen-bond donors (Lipinski definition) is 5. The number of nitrogens with one attached hydrogen (secondary N) is 4. The number of imide groups is 1. The molecule has 5 N–H and O–H groups in total. The van der Waals surface area contributed by atoms with E-state index in [-0.39, 0.29) is 36.5 Å². The molecule has 0 aromatic heterocycles. The van der Waals surface area contributed by atoms with E-state index in [1.165, 1.54) is 45.3 Å². The maximum absolute atomic E-state index is 12.4. The predicted octanol–water partition coefficient (Wildman–Crippen LogP) is 1.07. The highest BCUT2D eigenvalue weighted by Gasteiger charge is 2.24. The van der Waals surface area contributed by atoms with Gasteiger partial charge in [0.05, 0.1) is 5.88 Å². The van der Waals surface area contributed by atoms with Crippen LogP contribution in [0.4, 0.5) is 0 Å². The Hall–Kier alpha value is -3.42. The zero-order valence-corrected chi connectivity index (χ0v) is 25.2. The van der Waals surface area contributed by atoms with Crippen molar-refractivity contribution < 1.29 is 38.7 Å². The van der Waals surface area contributed by atoms with Crippen LogP contribution in [0.25, 0.3) is 0 Å². The molecule has 0 aliphatic carbocycles.